The van der Waals surface area contributed by atoms with Crippen LogP contribution in [0, 0.1) is 32.5 Å². The summed E-state index contributed by atoms with van der Waals surface area (Å²) in [4.78, 5) is 13.5. The van der Waals surface area contributed by atoms with Crippen LogP contribution in [0.15, 0.2) is 0 Å². The Hall–Kier alpha value is -0.530. The Morgan fingerprint density at radius 3 is 0.969 bits per heavy atom. The van der Waals surface area contributed by atoms with Gasteiger partial charge in [0.15, 0.2) is 0 Å². The van der Waals surface area contributed by atoms with Gasteiger partial charge in [-0.3, -0.25) is 4.79 Å². The van der Waals surface area contributed by atoms with Gasteiger partial charge in [-0.25, -0.2) is 0 Å². The minimum atomic E-state index is -0.786. The van der Waals surface area contributed by atoms with E-state index in [1.165, 1.54) is 0 Å². The van der Waals surface area contributed by atoms with Crippen molar-refractivity contribution >= 4 is 5.97 Å². The van der Waals surface area contributed by atoms with E-state index in [0.29, 0.717) is 6.42 Å². The Balaban J connectivity index is 8.12. The summed E-state index contributed by atoms with van der Waals surface area (Å²) in [7, 11) is 0. The quantitative estimate of drug-likeness (QED) is 0.268. The van der Waals surface area contributed by atoms with E-state index >= 15 is 0 Å². The molecule has 0 heterocycles. The van der Waals surface area contributed by atoms with Crippen LogP contribution in [0.4, 0.5) is 0 Å². The number of hydrogen-bond acceptors (Lipinski definition) is 1. The molecule has 1 atom stereocenters. The lowest BCUT2D eigenvalue weighted by molar-refractivity contribution is -0.250. The second-order valence-electron chi connectivity index (χ2n) is 11.5. The molecular formula is C30H60O2. The zero-order valence-corrected chi connectivity index (χ0v) is 24.4. The maximum absolute atomic E-state index is 13.5. The van der Waals surface area contributed by atoms with Crippen LogP contribution >= 0.6 is 0 Å². The summed E-state index contributed by atoms with van der Waals surface area (Å²) in [5, 5.41) is 11.1. The first-order valence-electron chi connectivity index (χ1n) is 14.0. The number of carbonyl (C=O) groups is 1. The van der Waals surface area contributed by atoms with Crippen LogP contribution in [-0.4, -0.2) is 11.1 Å². The number of carboxylic acids is 1. The molecule has 0 aromatic rings. The highest BCUT2D eigenvalue weighted by Gasteiger charge is 2.72. The fraction of sp³-hybridized carbons (Fsp3) is 0.967. The number of carboxylic acid groups (broad SMARTS) is 1. The fourth-order valence-electron chi connectivity index (χ4n) is 10.2. The molecule has 192 valence electrons. The van der Waals surface area contributed by atoms with E-state index in [1.807, 2.05) is 0 Å². The molecule has 2 nitrogen and oxygen atoms in total. The molecule has 0 saturated heterocycles. The van der Waals surface area contributed by atoms with Gasteiger partial charge < -0.3 is 5.11 Å². The topological polar surface area (TPSA) is 37.3 Å². The van der Waals surface area contributed by atoms with Crippen molar-refractivity contribution in [3.63, 3.8) is 0 Å². The van der Waals surface area contributed by atoms with Gasteiger partial charge in [-0.15, -0.1) is 0 Å². The van der Waals surface area contributed by atoms with E-state index in [9.17, 15) is 9.90 Å². The van der Waals surface area contributed by atoms with Crippen molar-refractivity contribution < 1.29 is 9.90 Å². The third kappa shape index (κ3) is 3.69. The first kappa shape index (κ1) is 31.5. The van der Waals surface area contributed by atoms with Crippen LogP contribution < -0.4 is 0 Å². The van der Waals surface area contributed by atoms with Crippen molar-refractivity contribution in [2.24, 2.45) is 32.5 Å². The summed E-state index contributed by atoms with van der Waals surface area (Å²) >= 11 is 0. The van der Waals surface area contributed by atoms with Crippen LogP contribution in [0.3, 0.4) is 0 Å². The average molecular weight is 453 g/mol. The monoisotopic (exact) mass is 452 g/mol. The van der Waals surface area contributed by atoms with Gasteiger partial charge in [0.2, 0.25) is 0 Å². The summed E-state index contributed by atoms with van der Waals surface area (Å²) in [6, 6.07) is 0. The lowest BCUT2D eigenvalue weighted by Gasteiger charge is -2.72. The molecule has 1 N–H and O–H groups in total. The molecule has 0 radical (unpaired) electrons. The van der Waals surface area contributed by atoms with Crippen molar-refractivity contribution in [2.75, 3.05) is 0 Å². The largest absolute Gasteiger partial charge is 0.481 e. The minimum Gasteiger partial charge on any atom is -0.481 e. The van der Waals surface area contributed by atoms with Gasteiger partial charge in [0.25, 0.3) is 0 Å². The van der Waals surface area contributed by atoms with Crippen LogP contribution in [0.25, 0.3) is 0 Å². The third-order valence-electron chi connectivity index (χ3n) is 11.5. The van der Waals surface area contributed by atoms with Crippen LogP contribution in [0.2, 0.25) is 0 Å². The molecule has 2 heteroatoms. The molecule has 0 aliphatic carbocycles. The van der Waals surface area contributed by atoms with Gasteiger partial charge >= 0.3 is 5.97 Å². The van der Waals surface area contributed by atoms with E-state index in [-0.39, 0.29) is 27.1 Å². The second kappa shape index (κ2) is 11.3. The normalized spacial score (nSPS) is 16.2. The van der Waals surface area contributed by atoms with E-state index in [2.05, 4.69) is 90.0 Å². The van der Waals surface area contributed by atoms with E-state index in [4.69, 9.17) is 0 Å². The number of rotatable bonds is 15. The smallest absolute Gasteiger partial charge is 0.310 e. The summed E-state index contributed by atoms with van der Waals surface area (Å²) in [6.07, 6.45) is 10.3. The zero-order valence-electron chi connectivity index (χ0n) is 24.4. The maximum atomic E-state index is 13.5. The molecular weight excluding hydrogens is 392 g/mol. The highest BCUT2D eigenvalue weighted by molar-refractivity contribution is 5.77. The molecule has 0 rings (SSSR count). The third-order valence-corrected chi connectivity index (χ3v) is 11.5. The average Bonchev–Trinajstić information content (AvgIpc) is 2.77. The van der Waals surface area contributed by atoms with E-state index in [0.717, 1.165) is 57.8 Å². The predicted molar refractivity (Wildman–Crippen MR) is 142 cm³/mol. The fourth-order valence-corrected chi connectivity index (χ4v) is 10.2. The lowest BCUT2D eigenvalue weighted by Crippen LogP contribution is -2.68. The van der Waals surface area contributed by atoms with Gasteiger partial charge in [0.1, 0.15) is 0 Å². The van der Waals surface area contributed by atoms with Crippen molar-refractivity contribution in [2.45, 2.75) is 154 Å². The van der Waals surface area contributed by atoms with Crippen LogP contribution in [-0.2, 0) is 4.79 Å². The highest BCUT2D eigenvalue weighted by atomic mass is 16.4. The molecule has 0 spiro atoms. The predicted octanol–water partition coefficient (Wildman–Crippen LogP) is 10.1. The van der Waals surface area contributed by atoms with Crippen molar-refractivity contribution in [3.05, 3.63) is 0 Å². The molecule has 0 aromatic carbocycles. The molecule has 0 saturated carbocycles. The molecule has 0 amide bonds. The molecule has 0 aromatic heterocycles. The standard InChI is InChI=1S/C30H60O2/c1-14-26(15-2,16-3)27(17-4,18-5)28(19-6,20-7)29(21-8,22-9)30(23-10,24(31)32)25(11,12)13/h14-23H2,1-13H3,(H,31,32). The molecule has 0 bridgehead atoms. The van der Waals surface area contributed by atoms with Gasteiger partial charge in [-0.1, -0.05) is 90.0 Å². The van der Waals surface area contributed by atoms with Gasteiger partial charge in [0.05, 0.1) is 5.41 Å². The highest BCUT2D eigenvalue weighted by Crippen LogP contribution is 2.76. The lowest BCUT2D eigenvalue weighted by atomic mass is 9.31. The van der Waals surface area contributed by atoms with Crippen molar-refractivity contribution in [3.8, 4) is 0 Å². The Morgan fingerprint density at radius 1 is 0.500 bits per heavy atom. The molecule has 1 unspecified atom stereocenters. The number of hydrogen-bond donors (Lipinski definition) is 1. The number of aliphatic carboxylic acids is 1. The first-order valence-corrected chi connectivity index (χ1v) is 14.0. The van der Waals surface area contributed by atoms with Gasteiger partial charge in [-0.05, 0) is 91.3 Å². The Bertz CT molecular complexity index is 558. The summed E-state index contributed by atoms with van der Waals surface area (Å²) in [6.45, 7) is 30.0. The molecule has 32 heavy (non-hydrogen) atoms. The van der Waals surface area contributed by atoms with Crippen LogP contribution in [0.5, 0.6) is 0 Å². The maximum Gasteiger partial charge on any atom is 0.310 e. The minimum absolute atomic E-state index is 0.0588. The molecule has 0 aliphatic heterocycles. The Kier molecular flexibility index (Phi) is 11.1. The second-order valence-corrected chi connectivity index (χ2v) is 11.5. The SMILES string of the molecule is CCC(CC)(CC)C(CC)(CC)C(CC)(CC)C(CC)(CC)C(CC)(C(=O)O)C(C)(C)C. The first-order chi connectivity index (χ1) is 14.8. The Morgan fingerprint density at radius 2 is 0.812 bits per heavy atom. The summed E-state index contributed by atoms with van der Waals surface area (Å²) in [5.41, 5.74) is -1.17. The van der Waals surface area contributed by atoms with E-state index < -0.39 is 11.4 Å². The zero-order chi connectivity index (χ0) is 25.6. The van der Waals surface area contributed by atoms with Crippen molar-refractivity contribution in [1.29, 1.82) is 0 Å². The van der Waals surface area contributed by atoms with E-state index in [1.54, 1.807) is 0 Å². The van der Waals surface area contributed by atoms with Crippen molar-refractivity contribution in [1.82, 2.24) is 0 Å². The summed E-state index contributed by atoms with van der Waals surface area (Å²) < 4.78 is 0. The van der Waals surface area contributed by atoms with Gasteiger partial charge in [0, 0.05) is 0 Å². The molecule has 0 fully saturated rings. The summed E-state index contributed by atoms with van der Waals surface area (Å²) in [5.74, 6) is -0.585. The van der Waals surface area contributed by atoms with Gasteiger partial charge in [-0.2, -0.15) is 0 Å². The van der Waals surface area contributed by atoms with Crippen LogP contribution in [0.1, 0.15) is 154 Å². The Labute approximate surface area is 202 Å². The molecule has 0 aliphatic rings.